The number of amidine groups is 1. The highest BCUT2D eigenvalue weighted by Crippen LogP contribution is 2.25. The molecule has 0 spiro atoms. The van der Waals surface area contributed by atoms with E-state index in [1.165, 1.54) is 0 Å². The summed E-state index contributed by atoms with van der Waals surface area (Å²) in [5.41, 5.74) is 8.31. The fourth-order valence-electron chi connectivity index (χ4n) is 1.93. The first-order chi connectivity index (χ1) is 9.08. The standard InChI is InChI=1S/C16H18N2O/c1-11-10-14(16(17)18)8-9-15(11)19-12(2)13-6-4-3-5-7-13/h3-10,12H,1-2H3,(H3,17,18). The Kier molecular flexibility index (Phi) is 3.85. The summed E-state index contributed by atoms with van der Waals surface area (Å²) in [5.74, 6) is 0.895. The normalized spacial score (nSPS) is 11.9. The molecule has 3 nitrogen and oxygen atoms in total. The van der Waals surface area contributed by atoms with Crippen molar-refractivity contribution < 1.29 is 4.74 Å². The van der Waals surface area contributed by atoms with Crippen LogP contribution in [0.1, 0.15) is 29.7 Å². The summed E-state index contributed by atoms with van der Waals surface area (Å²) in [5, 5.41) is 7.42. The van der Waals surface area contributed by atoms with Crippen molar-refractivity contribution >= 4 is 5.84 Å². The van der Waals surface area contributed by atoms with Crippen molar-refractivity contribution in [3.8, 4) is 5.75 Å². The molecule has 0 radical (unpaired) electrons. The Morgan fingerprint density at radius 1 is 1.16 bits per heavy atom. The molecule has 1 unspecified atom stereocenters. The van der Waals surface area contributed by atoms with Gasteiger partial charge in [-0.3, -0.25) is 5.41 Å². The lowest BCUT2D eigenvalue weighted by atomic mass is 10.1. The van der Waals surface area contributed by atoms with E-state index in [0.29, 0.717) is 0 Å². The van der Waals surface area contributed by atoms with Crippen LogP contribution in [0.3, 0.4) is 0 Å². The van der Waals surface area contributed by atoms with E-state index in [2.05, 4.69) is 0 Å². The van der Waals surface area contributed by atoms with Crippen LogP contribution in [0.4, 0.5) is 0 Å². The van der Waals surface area contributed by atoms with Gasteiger partial charge in [-0.05, 0) is 43.2 Å². The number of hydrogen-bond acceptors (Lipinski definition) is 2. The van der Waals surface area contributed by atoms with Crippen LogP contribution in [0.2, 0.25) is 0 Å². The summed E-state index contributed by atoms with van der Waals surface area (Å²) in [4.78, 5) is 0. The second kappa shape index (κ2) is 5.57. The number of ether oxygens (including phenoxy) is 1. The molecule has 0 aliphatic rings. The zero-order valence-electron chi connectivity index (χ0n) is 11.2. The fourth-order valence-corrected chi connectivity index (χ4v) is 1.93. The van der Waals surface area contributed by atoms with Gasteiger partial charge in [0, 0.05) is 5.56 Å². The van der Waals surface area contributed by atoms with Gasteiger partial charge in [0.25, 0.3) is 0 Å². The Hall–Kier alpha value is -2.29. The topological polar surface area (TPSA) is 59.1 Å². The molecule has 2 aromatic carbocycles. The average molecular weight is 254 g/mol. The third-order valence-electron chi connectivity index (χ3n) is 3.06. The lowest BCUT2D eigenvalue weighted by Gasteiger charge is -2.17. The third-order valence-corrected chi connectivity index (χ3v) is 3.06. The molecule has 0 heterocycles. The van der Waals surface area contributed by atoms with E-state index in [1.807, 2.05) is 62.4 Å². The van der Waals surface area contributed by atoms with E-state index in [1.54, 1.807) is 0 Å². The minimum Gasteiger partial charge on any atom is -0.486 e. The Morgan fingerprint density at radius 3 is 2.42 bits per heavy atom. The Balaban J connectivity index is 2.18. The number of benzene rings is 2. The van der Waals surface area contributed by atoms with E-state index >= 15 is 0 Å². The van der Waals surface area contributed by atoms with Crippen molar-refractivity contribution in [2.75, 3.05) is 0 Å². The molecule has 0 fully saturated rings. The van der Waals surface area contributed by atoms with Crippen LogP contribution in [0.25, 0.3) is 0 Å². The van der Waals surface area contributed by atoms with Gasteiger partial charge >= 0.3 is 0 Å². The molecule has 0 bridgehead atoms. The Labute approximate surface area is 113 Å². The molecule has 98 valence electrons. The Bertz CT molecular complexity index is 579. The highest BCUT2D eigenvalue weighted by atomic mass is 16.5. The average Bonchev–Trinajstić information content (AvgIpc) is 2.41. The molecule has 1 atom stereocenters. The second-order valence-electron chi connectivity index (χ2n) is 4.56. The van der Waals surface area contributed by atoms with Gasteiger partial charge in [0.15, 0.2) is 0 Å². The molecular weight excluding hydrogens is 236 g/mol. The van der Waals surface area contributed by atoms with Crippen LogP contribution in [0.5, 0.6) is 5.75 Å². The third kappa shape index (κ3) is 3.13. The van der Waals surface area contributed by atoms with E-state index in [0.717, 1.165) is 22.4 Å². The van der Waals surface area contributed by atoms with Crippen LogP contribution >= 0.6 is 0 Å². The van der Waals surface area contributed by atoms with E-state index < -0.39 is 0 Å². The molecule has 0 saturated heterocycles. The van der Waals surface area contributed by atoms with Crippen molar-refractivity contribution in [1.29, 1.82) is 5.41 Å². The summed E-state index contributed by atoms with van der Waals surface area (Å²) in [6.07, 6.45) is -0.0110. The molecule has 0 aliphatic carbocycles. The van der Waals surface area contributed by atoms with E-state index in [9.17, 15) is 0 Å². The van der Waals surface area contributed by atoms with Gasteiger partial charge in [0.2, 0.25) is 0 Å². The van der Waals surface area contributed by atoms with Crippen LogP contribution in [-0.2, 0) is 0 Å². The molecule has 3 N–H and O–H groups in total. The van der Waals surface area contributed by atoms with Crippen molar-refractivity contribution in [2.45, 2.75) is 20.0 Å². The first-order valence-electron chi connectivity index (χ1n) is 6.24. The number of rotatable bonds is 4. The van der Waals surface area contributed by atoms with Crippen molar-refractivity contribution in [3.05, 3.63) is 65.2 Å². The van der Waals surface area contributed by atoms with Crippen molar-refractivity contribution in [2.24, 2.45) is 5.73 Å². The maximum Gasteiger partial charge on any atom is 0.123 e. The van der Waals surface area contributed by atoms with Gasteiger partial charge in [0.1, 0.15) is 17.7 Å². The summed E-state index contributed by atoms with van der Waals surface area (Å²) in [6.45, 7) is 3.98. The van der Waals surface area contributed by atoms with Crippen molar-refractivity contribution in [1.82, 2.24) is 0 Å². The zero-order chi connectivity index (χ0) is 13.8. The highest BCUT2D eigenvalue weighted by molar-refractivity contribution is 5.95. The fraction of sp³-hybridized carbons (Fsp3) is 0.188. The van der Waals surface area contributed by atoms with Gasteiger partial charge in [-0.2, -0.15) is 0 Å². The molecule has 0 amide bonds. The van der Waals surface area contributed by atoms with E-state index in [-0.39, 0.29) is 11.9 Å². The first-order valence-corrected chi connectivity index (χ1v) is 6.24. The molecule has 0 aliphatic heterocycles. The lowest BCUT2D eigenvalue weighted by molar-refractivity contribution is 0.225. The predicted molar refractivity (Wildman–Crippen MR) is 77.7 cm³/mol. The molecular formula is C16H18N2O. The van der Waals surface area contributed by atoms with Crippen LogP contribution in [0, 0.1) is 12.3 Å². The first kappa shape index (κ1) is 13.1. The number of hydrogen-bond donors (Lipinski definition) is 2. The van der Waals surface area contributed by atoms with Gasteiger partial charge in [0.05, 0.1) is 0 Å². The van der Waals surface area contributed by atoms with E-state index in [4.69, 9.17) is 15.9 Å². The summed E-state index contributed by atoms with van der Waals surface area (Å²) >= 11 is 0. The monoisotopic (exact) mass is 254 g/mol. The molecule has 0 aromatic heterocycles. The maximum atomic E-state index is 7.42. The SMILES string of the molecule is Cc1cc(C(=N)N)ccc1OC(C)c1ccccc1. The maximum absolute atomic E-state index is 7.42. The Morgan fingerprint density at radius 2 is 1.84 bits per heavy atom. The van der Waals surface area contributed by atoms with Crippen LogP contribution in [-0.4, -0.2) is 5.84 Å². The van der Waals surface area contributed by atoms with Gasteiger partial charge in [-0.15, -0.1) is 0 Å². The summed E-state index contributed by atoms with van der Waals surface area (Å²) < 4.78 is 5.95. The minimum atomic E-state index is -0.0110. The number of nitrogens with one attached hydrogen (secondary N) is 1. The number of aryl methyl sites for hydroxylation is 1. The highest BCUT2D eigenvalue weighted by Gasteiger charge is 2.09. The van der Waals surface area contributed by atoms with Gasteiger partial charge in [-0.1, -0.05) is 30.3 Å². The molecule has 19 heavy (non-hydrogen) atoms. The minimum absolute atomic E-state index is 0.0110. The number of nitrogens with two attached hydrogens (primary N) is 1. The van der Waals surface area contributed by atoms with Crippen LogP contribution in [0.15, 0.2) is 48.5 Å². The smallest absolute Gasteiger partial charge is 0.123 e. The van der Waals surface area contributed by atoms with Crippen molar-refractivity contribution in [3.63, 3.8) is 0 Å². The van der Waals surface area contributed by atoms with Crippen LogP contribution < -0.4 is 10.5 Å². The summed E-state index contributed by atoms with van der Waals surface area (Å²) in [6, 6.07) is 15.6. The molecule has 2 rings (SSSR count). The largest absolute Gasteiger partial charge is 0.486 e. The number of nitrogen functional groups attached to an aromatic ring is 1. The van der Waals surface area contributed by atoms with Gasteiger partial charge < -0.3 is 10.5 Å². The predicted octanol–water partition coefficient (Wildman–Crippen LogP) is 3.42. The van der Waals surface area contributed by atoms with Gasteiger partial charge in [-0.25, -0.2) is 0 Å². The molecule has 3 heteroatoms. The lowest BCUT2D eigenvalue weighted by Crippen LogP contribution is -2.11. The quantitative estimate of drug-likeness (QED) is 0.648. The summed E-state index contributed by atoms with van der Waals surface area (Å²) in [7, 11) is 0. The molecule has 2 aromatic rings. The second-order valence-corrected chi connectivity index (χ2v) is 4.56. The zero-order valence-corrected chi connectivity index (χ0v) is 11.2. The molecule has 0 saturated carbocycles.